The highest BCUT2D eigenvalue weighted by atomic mass is 32.2. The monoisotopic (exact) mass is 360 g/mol. The number of nitrogens with one attached hydrogen (secondary N) is 1. The maximum atomic E-state index is 12.1. The molecule has 0 radical (unpaired) electrons. The third-order valence-corrected chi connectivity index (χ3v) is 4.84. The van der Waals surface area contributed by atoms with Gasteiger partial charge in [0.15, 0.2) is 6.61 Å². The molecule has 1 saturated carbocycles. The molecule has 1 aliphatic carbocycles. The summed E-state index contributed by atoms with van der Waals surface area (Å²) in [5.41, 5.74) is 0.360. The molecule has 0 saturated heterocycles. The van der Waals surface area contributed by atoms with Gasteiger partial charge in [0.1, 0.15) is 10.8 Å². The second-order valence-electron chi connectivity index (χ2n) is 5.78. The van der Waals surface area contributed by atoms with Gasteiger partial charge in [0, 0.05) is 12.3 Å². The molecule has 25 heavy (non-hydrogen) atoms. The number of esters is 1. The highest BCUT2D eigenvalue weighted by Crippen LogP contribution is 2.31. The van der Waals surface area contributed by atoms with E-state index in [2.05, 4.69) is 15.4 Å². The van der Waals surface area contributed by atoms with Crippen molar-refractivity contribution in [3.63, 3.8) is 0 Å². The maximum Gasteiger partial charge on any atom is 0.341 e. The standard InChI is InChI=1S/C17H20N4O3S/c1-25-16-13(7-4-9-18-16)17(23)24-11-15(22)20-14-8-10-19-21(14)12-5-2-3-6-12/h4,7-10,12H,2-3,5-6,11H2,1H3,(H,20,22). The largest absolute Gasteiger partial charge is 0.452 e. The first-order chi connectivity index (χ1) is 12.2. The Morgan fingerprint density at radius 1 is 1.32 bits per heavy atom. The van der Waals surface area contributed by atoms with Gasteiger partial charge < -0.3 is 10.1 Å². The Labute approximate surface area is 150 Å². The predicted molar refractivity (Wildman–Crippen MR) is 94.7 cm³/mol. The lowest BCUT2D eigenvalue weighted by atomic mass is 10.2. The highest BCUT2D eigenvalue weighted by Gasteiger charge is 2.21. The summed E-state index contributed by atoms with van der Waals surface area (Å²) >= 11 is 1.35. The number of thioether (sulfide) groups is 1. The molecule has 2 heterocycles. The number of ether oxygens (including phenoxy) is 1. The summed E-state index contributed by atoms with van der Waals surface area (Å²) in [4.78, 5) is 28.4. The van der Waals surface area contributed by atoms with Crippen LogP contribution in [0.25, 0.3) is 0 Å². The van der Waals surface area contributed by atoms with Crippen LogP contribution in [0.5, 0.6) is 0 Å². The molecule has 2 aromatic heterocycles. The molecular weight excluding hydrogens is 340 g/mol. The quantitative estimate of drug-likeness (QED) is 0.630. The Morgan fingerprint density at radius 3 is 2.88 bits per heavy atom. The Morgan fingerprint density at radius 2 is 2.12 bits per heavy atom. The van der Waals surface area contributed by atoms with E-state index in [1.807, 2.05) is 10.9 Å². The lowest BCUT2D eigenvalue weighted by Gasteiger charge is -2.14. The van der Waals surface area contributed by atoms with Crippen molar-refractivity contribution in [2.75, 3.05) is 18.2 Å². The number of aromatic nitrogens is 3. The zero-order chi connectivity index (χ0) is 17.6. The van der Waals surface area contributed by atoms with E-state index in [0.29, 0.717) is 22.4 Å². The SMILES string of the molecule is CSc1ncccc1C(=O)OCC(=O)Nc1ccnn1C1CCCC1. The van der Waals surface area contributed by atoms with Gasteiger partial charge in [-0.25, -0.2) is 14.5 Å². The fraction of sp³-hybridized carbons (Fsp3) is 0.412. The van der Waals surface area contributed by atoms with Crippen molar-refractivity contribution in [2.24, 2.45) is 0 Å². The van der Waals surface area contributed by atoms with E-state index < -0.39 is 5.97 Å². The molecule has 132 valence electrons. The molecule has 0 aliphatic heterocycles. The van der Waals surface area contributed by atoms with Gasteiger partial charge in [-0.05, 0) is 31.2 Å². The van der Waals surface area contributed by atoms with Crippen LogP contribution in [-0.4, -0.2) is 39.5 Å². The average Bonchev–Trinajstić information content (AvgIpc) is 3.31. The van der Waals surface area contributed by atoms with E-state index >= 15 is 0 Å². The molecule has 7 nitrogen and oxygen atoms in total. The number of hydrogen-bond acceptors (Lipinski definition) is 6. The zero-order valence-corrected chi connectivity index (χ0v) is 14.8. The highest BCUT2D eigenvalue weighted by molar-refractivity contribution is 7.98. The summed E-state index contributed by atoms with van der Waals surface area (Å²) in [6.45, 7) is -0.350. The minimum atomic E-state index is -0.558. The van der Waals surface area contributed by atoms with Gasteiger partial charge in [0.05, 0.1) is 17.8 Å². The van der Waals surface area contributed by atoms with Crippen LogP contribution in [0.3, 0.4) is 0 Å². The molecule has 1 aliphatic rings. The van der Waals surface area contributed by atoms with E-state index in [4.69, 9.17) is 4.74 Å². The van der Waals surface area contributed by atoms with Gasteiger partial charge in [-0.2, -0.15) is 5.10 Å². The van der Waals surface area contributed by atoms with Crippen molar-refractivity contribution >= 4 is 29.5 Å². The number of carbonyl (C=O) groups is 2. The maximum absolute atomic E-state index is 12.1. The van der Waals surface area contributed by atoms with Crippen LogP contribution < -0.4 is 5.32 Å². The number of hydrogen-bond donors (Lipinski definition) is 1. The van der Waals surface area contributed by atoms with Crippen LogP contribution in [0.2, 0.25) is 0 Å². The summed E-state index contributed by atoms with van der Waals surface area (Å²) in [6, 6.07) is 5.38. The van der Waals surface area contributed by atoms with Crippen LogP contribution in [0.4, 0.5) is 5.82 Å². The second kappa shape index (κ2) is 8.15. The molecular formula is C17H20N4O3S. The predicted octanol–water partition coefficient (Wildman–Crippen LogP) is 2.91. The smallest absolute Gasteiger partial charge is 0.341 e. The van der Waals surface area contributed by atoms with E-state index in [1.165, 1.54) is 24.6 Å². The number of anilines is 1. The summed E-state index contributed by atoms with van der Waals surface area (Å²) < 4.78 is 6.96. The van der Waals surface area contributed by atoms with Crippen molar-refractivity contribution in [3.8, 4) is 0 Å². The van der Waals surface area contributed by atoms with Crippen LogP contribution >= 0.6 is 11.8 Å². The fourth-order valence-electron chi connectivity index (χ4n) is 2.95. The molecule has 0 unspecified atom stereocenters. The minimum absolute atomic E-state index is 0.326. The number of amides is 1. The number of pyridine rings is 1. The van der Waals surface area contributed by atoms with Crippen molar-refractivity contribution < 1.29 is 14.3 Å². The second-order valence-corrected chi connectivity index (χ2v) is 6.58. The van der Waals surface area contributed by atoms with Crippen molar-refractivity contribution in [2.45, 2.75) is 36.8 Å². The van der Waals surface area contributed by atoms with Gasteiger partial charge in [0.2, 0.25) is 0 Å². The number of rotatable bonds is 6. The summed E-state index contributed by atoms with van der Waals surface area (Å²) in [7, 11) is 0. The third-order valence-electron chi connectivity index (χ3n) is 4.13. The first-order valence-electron chi connectivity index (χ1n) is 8.18. The van der Waals surface area contributed by atoms with E-state index in [1.54, 1.807) is 30.6 Å². The molecule has 2 aromatic rings. The normalized spacial score (nSPS) is 14.4. The van der Waals surface area contributed by atoms with Gasteiger partial charge >= 0.3 is 5.97 Å². The molecule has 8 heteroatoms. The lowest BCUT2D eigenvalue weighted by molar-refractivity contribution is -0.119. The van der Waals surface area contributed by atoms with Crippen molar-refractivity contribution in [1.29, 1.82) is 0 Å². The Hall–Kier alpha value is -2.35. The number of carbonyl (C=O) groups excluding carboxylic acids is 2. The van der Waals surface area contributed by atoms with Crippen LogP contribution in [-0.2, 0) is 9.53 Å². The average molecular weight is 360 g/mol. The molecule has 1 N–H and O–H groups in total. The van der Waals surface area contributed by atoms with Crippen molar-refractivity contribution in [3.05, 3.63) is 36.2 Å². The summed E-state index contributed by atoms with van der Waals surface area (Å²) in [6.07, 6.45) is 9.60. The minimum Gasteiger partial charge on any atom is -0.452 e. The Balaban J connectivity index is 1.57. The van der Waals surface area contributed by atoms with Crippen LogP contribution in [0.1, 0.15) is 42.1 Å². The van der Waals surface area contributed by atoms with Crippen molar-refractivity contribution in [1.82, 2.24) is 14.8 Å². The van der Waals surface area contributed by atoms with Gasteiger partial charge in [-0.15, -0.1) is 11.8 Å². The third kappa shape index (κ3) is 4.19. The Bertz CT molecular complexity index is 756. The molecule has 0 spiro atoms. The van der Waals surface area contributed by atoms with Gasteiger partial charge in [-0.1, -0.05) is 12.8 Å². The van der Waals surface area contributed by atoms with E-state index in [0.717, 1.165) is 12.8 Å². The van der Waals surface area contributed by atoms with E-state index in [-0.39, 0.29) is 12.5 Å². The summed E-state index contributed by atoms with van der Waals surface area (Å²) in [5.74, 6) is -0.307. The zero-order valence-electron chi connectivity index (χ0n) is 14.0. The van der Waals surface area contributed by atoms with Gasteiger partial charge in [0.25, 0.3) is 5.91 Å². The van der Waals surface area contributed by atoms with E-state index in [9.17, 15) is 9.59 Å². The van der Waals surface area contributed by atoms with Crippen LogP contribution in [0.15, 0.2) is 35.6 Å². The first-order valence-corrected chi connectivity index (χ1v) is 9.41. The topological polar surface area (TPSA) is 86.1 Å². The fourth-order valence-corrected chi connectivity index (χ4v) is 3.49. The van der Waals surface area contributed by atoms with Gasteiger partial charge in [-0.3, -0.25) is 4.79 Å². The molecule has 1 fully saturated rings. The number of nitrogens with zero attached hydrogens (tertiary/aromatic N) is 3. The first kappa shape index (κ1) is 17.5. The molecule has 3 rings (SSSR count). The molecule has 0 aromatic carbocycles. The molecule has 1 amide bonds. The molecule has 0 atom stereocenters. The lowest BCUT2D eigenvalue weighted by Crippen LogP contribution is -2.23. The summed E-state index contributed by atoms with van der Waals surface area (Å²) in [5, 5.41) is 7.64. The molecule has 0 bridgehead atoms. The Kier molecular flexibility index (Phi) is 5.70. The van der Waals surface area contributed by atoms with Crippen LogP contribution in [0, 0.1) is 0 Å².